The van der Waals surface area contributed by atoms with Crippen molar-refractivity contribution in [3.63, 3.8) is 0 Å². The molecule has 4 rings (SSSR count). The fourth-order valence-corrected chi connectivity index (χ4v) is 4.28. The molecule has 4 heterocycles. The number of likely N-dealkylation sites (tertiary alicyclic amines) is 1. The fourth-order valence-electron chi connectivity index (χ4n) is 4.28. The van der Waals surface area contributed by atoms with Crippen molar-refractivity contribution in [3.05, 3.63) is 36.4 Å². The van der Waals surface area contributed by atoms with Crippen LogP contribution in [-0.4, -0.2) is 78.7 Å². The number of carbonyl (C=O) groups is 2. The zero-order valence-electron chi connectivity index (χ0n) is 16.4. The summed E-state index contributed by atoms with van der Waals surface area (Å²) in [6, 6.07) is 1.78. The predicted octanol–water partition coefficient (Wildman–Crippen LogP) is -0.0627. The van der Waals surface area contributed by atoms with Crippen molar-refractivity contribution in [3.8, 4) is 0 Å². The molecule has 0 aromatic carbocycles. The van der Waals surface area contributed by atoms with E-state index in [-0.39, 0.29) is 18.4 Å². The molecule has 2 aliphatic heterocycles. The smallest absolute Gasteiger partial charge is 0.254 e. The fraction of sp³-hybridized carbons (Fsp3) is 0.579. The Morgan fingerprint density at radius 1 is 1.38 bits per heavy atom. The molecule has 2 aromatic rings. The van der Waals surface area contributed by atoms with Crippen LogP contribution in [0.1, 0.15) is 36.5 Å². The van der Waals surface area contributed by atoms with Gasteiger partial charge < -0.3 is 20.1 Å². The second-order valence-corrected chi connectivity index (χ2v) is 8.01. The van der Waals surface area contributed by atoms with Gasteiger partial charge in [-0.25, -0.2) is 0 Å². The van der Waals surface area contributed by atoms with Gasteiger partial charge in [-0.2, -0.15) is 10.2 Å². The summed E-state index contributed by atoms with van der Waals surface area (Å²) >= 11 is 0. The number of nitrogens with one attached hydrogen (secondary N) is 2. The van der Waals surface area contributed by atoms with Crippen molar-refractivity contribution in [1.29, 1.82) is 0 Å². The summed E-state index contributed by atoms with van der Waals surface area (Å²) in [5, 5.41) is 24.6. The monoisotopic (exact) mass is 402 g/mol. The van der Waals surface area contributed by atoms with E-state index in [9.17, 15) is 14.7 Å². The lowest BCUT2D eigenvalue weighted by molar-refractivity contribution is -0.206. The van der Waals surface area contributed by atoms with Crippen LogP contribution in [0.5, 0.6) is 0 Å². The third-order valence-corrected chi connectivity index (χ3v) is 6.09. The normalized spacial score (nSPS) is 26.4. The molecule has 156 valence electrons. The molecule has 2 amide bonds. The minimum Gasteiger partial charge on any atom is -0.388 e. The maximum Gasteiger partial charge on any atom is 0.254 e. The Morgan fingerprint density at radius 2 is 2.17 bits per heavy atom. The first kappa shape index (κ1) is 19.6. The summed E-state index contributed by atoms with van der Waals surface area (Å²) in [6.45, 7) is 3.45. The third-order valence-electron chi connectivity index (χ3n) is 6.09. The Bertz CT molecular complexity index is 844. The number of aromatic nitrogens is 4. The highest BCUT2D eigenvalue weighted by molar-refractivity contribution is 5.94. The minimum atomic E-state index is -0.886. The SMILES string of the molecule is C[C@@]1(NC(=O)c2cn[nH]c2)CCOC2(CCN(C(=O)Cn3cccn3)CC2)[C@H]1O. The van der Waals surface area contributed by atoms with Crippen LogP contribution in [0.4, 0.5) is 0 Å². The number of H-pyrrole nitrogens is 1. The zero-order chi connectivity index (χ0) is 20.5. The molecule has 1 spiro atoms. The largest absolute Gasteiger partial charge is 0.388 e. The van der Waals surface area contributed by atoms with E-state index < -0.39 is 17.2 Å². The Morgan fingerprint density at radius 3 is 2.83 bits per heavy atom. The van der Waals surface area contributed by atoms with Gasteiger partial charge in [0.05, 0.1) is 22.9 Å². The van der Waals surface area contributed by atoms with Gasteiger partial charge in [-0.15, -0.1) is 0 Å². The van der Waals surface area contributed by atoms with Gasteiger partial charge in [0.2, 0.25) is 5.91 Å². The second-order valence-electron chi connectivity index (χ2n) is 8.01. The molecule has 2 saturated heterocycles. The van der Waals surface area contributed by atoms with E-state index in [2.05, 4.69) is 20.6 Å². The maximum atomic E-state index is 12.5. The highest BCUT2D eigenvalue weighted by Crippen LogP contribution is 2.40. The van der Waals surface area contributed by atoms with Crippen molar-refractivity contribution >= 4 is 11.8 Å². The molecule has 0 bridgehead atoms. The number of carbonyl (C=O) groups excluding carboxylic acids is 2. The van der Waals surface area contributed by atoms with Gasteiger partial charge in [0.1, 0.15) is 12.6 Å². The van der Waals surface area contributed by atoms with Crippen LogP contribution in [-0.2, 0) is 16.1 Å². The number of hydrogen-bond acceptors (Lipinski definition) is 6. The quantitative estimate of drug-likeness (QED) is 0.658. The van der Waals surface area contributed by atoms with Crippen molar-refractivity contribution in [2.24, 2.45) is 0 Å². The number of rotatable bonds is 4. The number of aliphatic hydroxyl groups excluding tert-OH is 1. The molecule has 0 aliphatic carbocycles. The van der Waals surface area contributed by atoms with Crippen LogP contribution in [0.3, 0.4) is 0 Å². The Labute approximate surface area is 168 Å². The number of aromatic amines is 1. The van der Waals surface area contributed by atoms with Gasteiger partial charge in [-0.05, 0) is 32.3 Å². The molecule has 2 aromatic heterocycles. The first-order valence-electron chi connectivity index (χ1n) is 9.80. The lowest BCUT2D eigenvalue weighted by Gasteiger charge is -2.53. The molecule has 29 heavy (non-hydrogen) atoms. The lowest BCUT2D eigenvalue weighted by atomic mass is 9.73. The third kappa shape index (κ3) is 3.77. The van der Waals surface area contributed by atoms with E-state index in [0.717, 1.165) is 0 Å². The number of piperidine rings is 1. The van der Waals surface area contributed by atoms with E-state index >= 15 is 0 Å². The number of nitrogens with zero attached hydrogens (tertiary/aromatic N) is 4. The number of hydrogen-bond donors (Lipinski definition) is 3. The van der Waals surface area contributed by atoms with E-state index in [1.54, 1.807) is 28.0 Å². The zero-order valence-corrected chi connectivity index (χ0v) is 16.4. The van der Waals surface area contributed by atoms with E-state index in [0.29, 0.717) is 44.5 Å². The summed E-state index contributed by atoms with van der Waals surface area (Å²) in [7, 11) is 0. The molecular formula is C19H26N6O4. The molecule has 2 atom stereocenters. The maximum absolute atomic E-state index is 12.5. The second kappa shape index (κ2) is 7.60. The molecule has 3 N–H and O–H groups in total. The number of amides is 2. The Balaban J connectivity index is 1.40. The average molecular weight is 402 g/mol. The standard InChI is InChI=1S/C19H26N6O4/c1-18(23-16(27)14-11-20-21-12-14)5-10-29-19(17(18)28)3-8-24(9-4-19)15(26)13-25-7-2-6-22-25/h2,6-7,11-12,17,28H,3-5,8-10,13H2,1H3,(H,20,21)(H,23,27)/t17-,18+/m0/s1. The van der Waals surface area contributed by atoms with Crippen LogP contribution >= 0.6 is 0 Å². The van der Waals surface area contributed by atoms with Crippen LogP contribution in [0.25, 0.3) is 0 Å². The van der Waals surface area contributed by atoms with Crippen LogP contribution in [0.2, 0.25) is 0 Å². The molecule has 2 fully saturated rings. The predicted molar refractivity (Wildman–Crippen MR) is 102 cm³/mol. The highest BCUT2D eigenvalue weighted by Gasteiger charge is 2.54. The summed E-state index contributed by atoms with van der Waals surface area (Å²) in [4.78, 5) is 26.8. The molecule has 0 unspecified atom stereocenters. The summed E-state index contributed by atoms with van der Waals surface area (Å²) in [5.74, 6) is -0.297. The van der Waals surface area contributed by atoms with Crippen LogP contribution in [0, 0.1) is 0 Å². The van der Waals surface area contributed by atoms with Gasteiger partial charge >= 0.3 is 0 Å². The van der Waals surface area contributed by atoms with E-state index in [4.69, 9.17) is 4.74 Å². The number of aliphatic hydroxyl groups is 1. The van der Waals surface area contributed by atoms with Gasteiger partial charge in [0.15, 0.2) is 0 Å². The van der Waals surface area contributed by atoms with E-state index in [1.807, 2.05) is 6.92 Å². The molecule has 0 saturated carbocycles. The molecular weight excluding hydrogens is 376 g/mol. The molecule has 10 nitrogen and oxygen atoms in total. The van der Waals surface area contributed by atoms with E-state index in [1.165, 1.54) is 12.4 Å². The topological polar surface area (TPSA) is 125 Å². The summed E-state index contributed by atoms with van der Waals surface area (Å²) in [5.41, 5.74) is -1.19. The molecule has 10 heteroatoms. The summed E-state index contributed by atoms with van der Waals surface area (Å²) in [6.07, 6.45) is 7.00. The van der Waals surface area contributed by atoms with Crippen molar-refractivity contribution < 1.29 is 19.4 Å². The minimum absolute atomic E-state index is 0.00938. The van der Waals surface area contributed by atoms with Crippen molar-refractivity contribution in [2.75, 3.05) is 19.7 Å². The van der Waals surface area contributed by atoms with Crippen LogP contribution < -0.4 is 5.32 Å². The number of ether oxygens (including phenoxy) is 1. The Kier molecular flexibility index (Phi) is 5.13. The molecule has 2 aliphatic rings. The van der Waals surface area contributed by atoms with Crippen molar-refractivity contribution in [2.45, 2.75) is 50.0 Å². The first-order valence-corrected chi connectivity index (χ1v) is 9.80. The van der Waals surface area contributed by atoms with Gasteiger partial charge in [-0.3, -0.25) is 19.4 Å². The van der Waals surface area contributed by atoms with Crippen molar-refractivity contribution in [1.82, 2.24) is 30.2 Å². The summed E-state index contributed by atoms with van der Waals surface area (Å²) < 4.78 is 7.64. The van der Waals surface area contributed by atoms with Gasteiger partial charge in [0, 0.05) is 38.3 Å². The highest BCUT2D eigenvalue weighted by atomic mass is 16.5. The van der Waals surface area contributed by atoms with Gasteiger partial charge in [-0.1, -0.05) is 0 Å². The average Bonchev–Trinajstić information content (AvgIpc) is 3.41. The molecule has 0 radical (unpaired) electrons. The first-order chi connectivity index (χ1) is 13.9. The lowest BCUT2D eigenvalue weighted by Crippen LogP contribution is -2.69. The van der Waals surface area contributed by atoms with Crippen LogP contribution in [0.15, 0.2) is 30.9 Å². The Hall–Kier alpha value is -2.72. The van der Waals surface area contributed by atoms with Gasteiger partial charge in [0.25, 0.3) is 5.91 Å².